The minimum atomic E-state index is -0.473. The number of H-pyrrole nitrogens is 1. The normalized spacial score (nSPS) is 19.3. The standard InChI is InChI=1S/C20H23ClN6O4/c21-17-16(11-23-25-18(17)28)27-9-5-15(12-27)31-20(30)24-14-3-7-26(8-4-14)19(29)13-2-1-6-22-10-13/h1-2,6,10-11,14-15H,3-5,7-9,12H2,(H,24,30)(H,25,28)/t15-/m1/s1. The van der Waals surface area contributed by atoms with Crippen molar-refractivity contribution in [1.29, 1.82) is 0 Å². The summed E-state index contributed by atoms with van der Waals surface area (Å²) in [6.07, 6.45) is 5.86. The molecule has 31 heavy (non-hydrogen) atoms. The first kappa shape index (κ1) is 21.1. The number of hydrogen-bond acceptors (Lipinski definition) is 7. The van der Waals surface area contributed by atoms with Gasteiger partial charge in [0.15, 0.2) is 0 Å². The van der Waals surface area contributed by atoms with Gasteiger partial charge in [-0.25, -0.2) is 9.89 Å². The molecular formula is C20H23ClN6O4. The van der Waals surface area contributed by atoms with Gasteiger partial charge in [0.05, 0.1) is 24.0 Å². The zero-order valence-electron chi connectivity index (χ0n) is 16.8. The van der Waals surface area contributed by atoms with Crippen LogP contribution in [0.15, 0.2) is 35.5 Å². The van der Waals surface area contributed by atoms with Gasteiger partial charge in [-0.1, -0.05) is 11.6 Å². The minimum Gasteiger partial charge on any atom is -0.444 e. The molecule has 2 saturated heterocycles. The molecular weight excluding hydrogens is 424 g/mol. The molecule has 0 radical (unpaired) electrons. The van der Waals surface area contributed by atoms with Crippen molar-refractivity contribution in [3.05, 3.63) is 51.7 Å². The molecule has 2 aliphatic rings. The second kappa shape index (κ2) is 9.34. The number of pyridine rings is 1. The Morgan fingerprint density at radius 1 is 1.19 bits per heavy atom. The fraction of sp³-hybridized carbons (Fsp3) is 0.450. The summed E-state index contributed by atoms with van der Waals surface area (Å²) in [4.78, 5) is 44.1. The van der Waals surface area contributed by atoms with Crippen molar-refractivity contribution >= 4 is 29.3 Å². The third-order valence-corrected chi connectivity index (χ3v) is 5.91. The summed E-state index contributed by atoms with van der Waals surface area (Å²) in [5.41, 5.74) is 0.645. The van der Waals surface area contributed by atoms with Crippen molar-refractivity contribution in [2.24, 2.45) is 0 Å². The zero-order valence-corrected chi connectivity index (χ0v) is 17.5. The molecule has 2 aliphatic heterocycles. The Morgan fingerprint density at radius 3 is 2.74 bits per heavy atom. The van der Waals surface area contributed by atoms with Crippen LogP contribution in [0.5, 0.6) is 0 Å². The third-order valence-electron chi connectivity index (χ3n) is 5.55. The Bertz CT molecular complexity index is 993. The second-order valence-electron chi connectivity index (χ2n) is 7.61. The molecule has 0 aliphatic carbocycles. The van der Waals surface area contributed by atoms with Crippen LogP contribution < -0.4 is 15.8 Å². The van der Waals surface area contributed by atoms with E-state index in [1.54, 1.807) is 29.4 Å². The Kier molecular flexibility index (Phi) is 6.36. The maximum absolute atomic E-state index is 12.5. The molecule has 2 aromatic heterocycles. The van der Waals surface area contributed by atoms with Crippen LogP contribution in [-0.2, 0) is 4.74 Å². The lowest BCUT2D eigenvalue weighted by atomic mass is 10.0. The van der Waals surface area contributed by atoms with Gasteiger partial charge in [0.1, 0.15) is 11.1 Å². The number of carbonyl (C=O) groups excluding carboxylic acids is 2. The summed E-state index contributed by atoms with van der Waals surface area (Å²) in [6, 6.07) is 3.44. The first-order valence-electron chi connectivity index (χ1n) is 10.2. The van der Waals surface area contributed by atoms with E-state index in [-0.39, 0.29) is 23.1 Å². The van der Waals surface area contributed by atoms with Gasteiger partial charge in [0.25, 0.3) is 11.5 Å². The van der Waals surface area contributed by atoms with Crippen molar-refractivity contribution in [3.63, 3.8) is 0 Å². The summed E-state index contributed by atoms with van der Waals surface area (Å²) in [5, 5.41) is 9.03. The van der Waals surface area contributed by atoms with Gasteiger partial charge in [-0.05, 0) is 25.0 Å². The lowest BCUT2D eigenvalue weighted by molar-refractivity contribution is 0.0693. The highest BCUT2D eigenvalue weighted by Crippen LogP contribution is 2.25. The fourth-order valence-corrected chi connectivity index (χ4v) is 4.10. The van der Waals surface area contributed by atoms with Gasteiger partial charge in [-0.3, -0.25) is 14.6 Å². The van der Waals surface area contributed by atoms with Crippen molar-refractivity contribution in [3.8, 4) is 0 Å². The Labute approximate surface area is 183 Å². The molecule has 2 fully saturated rings. The summed E-state index contributed by atoms with van der Waals surface area (Å²) in [5.74, 6) is -0.0481. The highest BCUT2D eigenvalue weighted by atomic mass is 35.5. The number of ether oxygens (including phenoxy) is 1. The van der Waals surface area contributed by atoms with E-state index in [4.69, 9.17) is 16.3 Å². The van der Waals surface area contributed by atoms with E-state index < -0.39 is 11.7 Å². The highest BCUT2D eigenvalue weighted by Gasteiger charge is 2.30. The monoisotopic (exact) mass is 446 g/mol. The molecule has 0 spiro atoms. The Hall–Kier alpha value is -3.14. The van der Waals surface area contributed by atoms with Crippen LogP contribution in [0.3, 0.4) is 0 Å². The quantitative estimate of drug-likeness (QED) is 0.728. The van der Waals surface area contributed by atoms with E-state index in [1.165, 1.54) is 6.20 Å². The summed E-state index contributed by atoms with van der Waals surface area (Å²) in [6.45, 7) is 2.17. The van der Waals surface area contributed by atoms with Gasteiger partial charge in [-0.2, -0.15) is 5.10 Å². The van der Waals surface area contributed by atoms with Crippen LogP contribution in [0.1, 0.15) is 29.6 Å². The van der Waals surface area contributed by atoms with Crippen molar-refractivity contribution in [1.82, 2.24) is 25.4 Å². The highest BCUT2D eigenvalue weighted by molar-refractivity contribution is 6.33. The molecule has 0 bridgehead atoms. The number of amides is 2. The molecule has 2 amide bonds. The molecule has 10 nitrogen and oxygen atoms in total. The molecule has 2 aromatic rings. The lowest BCUT2D eigenvalue weighted by Gasteiger charge is -2.32. The van der Waals surface area contributed by atoms with Crippen LogP contribution in [0.4, 0.5) is 10.5 Å². The van der Waals surface area contributed by atoms with Gasteiger partial charge in [0, 0.05) is 44.5 Å². The minimum absolute atomic E-state index is 0.0470. The van der Waals surface area contributed by atoms with Gasteiger partial charge >= 0.3 is 6.09 Å². The first-order chi connectivity index (χ1) is 15.0. The van der Waals surface area contributed by atoms with Gasteiger partial charge in [0.2, 0.25) is 0 Å². The number of nitrogens with one attached hydrogen (secondary N) is 2. The summed E-state index contributed by atoms with van der Waals surface area (Å²) >= 11 is 6.05. The van der Waals surface area contributed by atoms with Gasteiger partial charge in [-0.15, -0.1) is 0 Å². The van der Waals surface area contributed by atoms with Crippen LogP contribution >= 0.6 is 11.6 Å². The van der Waals surface area contributed by atoms with E-state index in [9.17, 15) is 14.4 Å². The zero-order chi connectivity index (χ0) is 21.8. The fourth-order valence-electron chi connectivity index (χ4n) is 3.89. The number of anilines is 1. The van der Waals surface area contributed by atoms with Crippen molar-refractivity contribution < 1.29 is 14.3 Å². The van der Waals surface area contributed by atoms with Gasteiger partial charge < -0.3 is 19.9 Å². The van der Waals surface area contributed by atoms with Crippen LogP contribution in [0.25, 0.3) is 0 Å². The number of likely N-dealkylation sites (tertiary alicyclic amines) is 1. The van der Waals surface area contributed by atoms with Crippen LogP contribution in [-0.4, -0.2) is 70.4 Å². The number of halogens is 1. The number of rotatable bonds is 4. The van der Waals surface area contributed by atoms with Crippen LogP contribution in [0, 0.1) is 0 Å². The Morgan fingerprint density at radius 2 is 2.00 bits per heavy atom. The van der Waals surface area contributed by atoms with Crippen LogP contribution in [0.2, 0.25) is 5.02 Å². The summed E-state index contributed by atoms with van der Waals surface area (Å²) in [7, 11) is 0. The van der Waals surface area contributed by atoms with E-state index in [2.05, 4.69) is 20.5 Å². The van der Waals surface area contributed by atoms with Crippen molar-refractivity contribution in [2.75, 3.05) is 31.1 Å². The molecule has 1 atom stereocenters. The predicted molar refractivity (Wildman–Crippen MR) is 113 cm³/mol. The molecule has 4 rings (SSSR count). The number of aromatic amines is 1. The number of carbonyl (C=O) groups is 2. The van der Waals surface area contributed by atoms with E-state index in [0.717, 1.165) is 0 Å². The number of hydrogen-bond donors (Lipinski definition) is 2. The molecule has 0 aromatic carbocycles. The molecule has 4 heterocycles. The molecule has 2 N–H and O–H groups in total. The molecule has 164 valence electrons. The summed E-state index contributed by atoms with van der Waals surface area (Å²) < 4.78 is 5.55. The number of alkyl carbamates (subject to hydrolysis) is 1. The predicted octanol–water partition coefficient (Wildman–Crippen LogP) is 1.43. The average molecular weight is 447 g/mol. The van der Waals surface area contributed by atoms with E-state index >= 15 is 0 Å². The third kappa shape index (κ3) is 4.96. The SMILES string of the molecule is O=C(NC1CCN(C(=O)c2cccnc2)CC1)O[C@@H]1CCN(c2cn[nH]c(=O)c2Cl)C1. The van der Waals surface area contributed by atoms with E-state index in [0.29, 0.717) is 56.7 Å². The smallest absolute Gasteiger partial charge is 0.407 e. The van der Waals surface area contributed by atoms with E-state index in [1.807, 2.05) is 4.90 Å². The lowest BCUT2D eigenvalue weighted by Crippen LogP contribution is -2.47. The number of piperidine rings is 1. The number of nitrogens with zero attached hydrogens (tertiary/aromatic N) is 4. The number of aromatic nitrogens is 3. The first-order valence-corrected chi connectivity index (χ1v) is 10.5. The molecule has 0 unspecified atom stereocenters. The second-order valence-corrected chi connectivity index (χ2v) is 7.99. The topological polar surface area (TPSA) is 121 Å². The molecule has 0 saturated carbocycles. The average Bonchev–Trinajstić information content (AvgIpc) is 3.24. The largest absolute Gasteiger partial charge is 0.444 e. The maximum Gasteiger partial charge on any atom is 0.407 e. The van der Waals surface area contributed by atoms with Crippen molar-refractivity contribution in [2.45, 2.75) is 31.4 Å². The maximum atomic E-state index is 12.5. The Balaban J connectivity index is 1.23. The molecule has 11 heteroatoms.